The van der Waals surface area contributed by atoms with Crippen LogP contribution in [-0.2, 0) is 0 Å². The van der Waals surface area contributed by atoms with Gasteiger partial charge in [0.2, 0.25) is 0 Å². The summed E-state index contributed by atoms with van der Waals surface area (Å²) in [4.78, 5) is 4.62. The fraction of sp³-hybridized carbons (Fsp3) is 0.476. The maximum Gasteiger partial charge on any atom is 0.119 e. The summed E-state index contributed by atoms with van der Waals surface area (Å²) in [7, 11) is 0. The summed E-state index contributed by atoms with van der Waals surface area (Å²) in [6, 6.07) is 11.6. The van der Waals surface area contributed by atoms with E-state index in [0.717, 1.165) is 29.7 Å². The van der Waals surface area contributed by atoms with Crippen LogP contribution < -0.4 is 11.1 Å². The van der Waals surface area contributed by atoms with Gasteiger partial charge in [-0.2, -0.15) is 0 Å². The molecule has 0 radical (unpaired) electrons. The Balaban J connectivity index is 1.37. The SMILES string of the molecule is Cc1ccc(-c2ccc(C3CC3NC3CCC(N)CC3)cn2)cc1O. The maximum absolute atomic E-state index is 9.88. The van der Waals surface area contributed by atoms with Gasteiger partial charge in [0, 0.05) is 35.8 Å². The number of hydrogen-bond acceptors (Lipinski definition) is 4. The van der Waals surface area contributed by atoms with Crippen LogP contribution in [0.4, 0.5) is 0 Å². The topological polar surface area (TPSA) is 71.2 Å². The molecule has 4 nitrogen and oxygen atoms in total. The number of aromatic hydroxyl groups is 1. The monoisotopic (exact) mass is 337 g/mol. The van der Waals surface area contributed by atoms with Gasteiger partial charge in [-0.1, -0.05) is 18.2 Å². The second kappa shape index (κ2) is 6.77. The summed E-state index contributed by atoms with van der Waals surface area (Å²) in [5, 5.41) is 13.7. The van der Waals surface area contributed by atoms with Gasteiger partial charge in [-0.25, -0.2) is 0 Å². The Morgan fingerprint density at radius 3 is 2.60 bits per heavy atom. The summed E-state index contributed by atoms with van der Waals surface area (Å²) in [6.07, 6.45) is 7.91. The fourth-order valence-electron chi connectivity index (χ4n) is 3.90. The van der Waals surface area contributed by atoms with Crippen molar-refractivity contribution < 1.29 is 5.11 Å². The zero-order chi connectivity index (χ0) is 17.4. The van der Waals surface area contributed by atoms with E-state index < -0.39 is 0 Å². The molecule has 2 saturated carbocycles. The Morgan fingerprint density at radius 2 is 1.92 bits per heavy atom. The average molecular weight is 337 g/mol. The van der Waals surface area contributed by atoms with Crippen molar-refractivity contribution in [1.29, 1.82) is 0 Å². The van der Waals surface area contributed by atoms with Gasteiger partial charge in [0.05, 0.1) is 5.69 Å². The molecule has 25 heavy (non-hydrogen) atoms. The number of aryl methyl sites for hydroxylation is 1. The van der Waals surface area contributed by atoms with Crippen molar-refractivity contribution in [3.63, 3.8) is 0 Å². The molecule has 2 unspecified atom stereocenters. The van der Waals surface area contributed by atoms with Crippen molar-refractivity contribution in [3.8, 4) is 17.0 Å². The molecule has 132 valence electrons. The van der Waals surface area contributed by atoms with Gasteiger partial charge in [0.25, 0.3) is 0 Å². The molecule has 0 aliphatic heterocycles. The molecule has 0 bridgehead atoms. The minimum atomic E-state index is 0.321. The van der Waals surface area contributed by atoms with E-state index in [1.54, 1.807) is 6.07 Å². The van der Waals surface area contributed by atoms with Crippen LogP contribution in [0, 0.1) is 6.92 Å². The Morgan fingerprint density at radius 1 is 1.12 bits per heavy atom. The van der Waals surface area contributed by atoms with Gasteiger partial charge in [-0.3, -0.25) is 4.98 Å². The molecule has 4 N–H and O–H groups in total. The number of rotatable bonds is 4. The minimum Gasteiger partial charge on any atom is -0.508 e. The van der Waals surface area contributed by atoms with Crippen LogP contribution >= 0.6 is 0 Å². The second-order valence-electron chi connectivity index (χ2n) is 7.71. The van der Waals surface area contributed by atoms with Crippen molar-refractivity contribution in [2.24, 2.45) is 5.73 Å². The van der Waals surface area contributed by atoms with Crippen LogP contribution in [0.5, 0.6) is 5.75 Å². The van der Waals surface area contributed by atoms with Gasteiger partial charge in [-0.15, -0.1) is 0 Å². The van der Waals surface area contributed by atoms with E-state index in [2.05, 4.69) is 22.4 Å². The van der Waals surface area contributed by atoms with E-state index in [1.807, 2.05) is 25.3 Å². The Kier molecular flexibility index (Phi) is 4.48. The van der Waals surface area contributed by atoms with E-state index in [1.165, 1.54) is 24.8 Å². The van der Waals surface area contributed by atoms with Gasteiger partial charge >= 0.3 is 0 Å². The van der Waals surface area contributed by atoms with Gasteiger partial charge in [-0.05, 0) is 62.3 Å². The molecular formula is C21H27N3O. The highest BCUT2D eigenvalue weighted by Crippen LogP contribution is 2.42. The van der Waals surface area contributed by atoms with Crippen LogP contribution in [0.1, 0.15) is 49.1 Å². The molecule has 2 atom stereocenters. The predicted molar refractivity (Wildman–Crippen MR) is 101 cm³/mol. The number of hydrogen-bond donors (Lipinski definition) is 3. The molecule has 2 aliphatic carbocycles. The number of benzene rings is 1. The number of nitrogens with zero attached hydrogens (tertiary/aromatic N) is 1. The number of pyridine rings is 1. The molecule has 1 heterocycles. The third-order valence-electron chi connectivity index (χ3n) is 5.73. The summed E-state index contributed by atoms with van der Waals surface area (Å²) in [6.45, 7) is 1.90. The predicted octanol–water partition coefficient (Wildman–Crippen LogP) is 3.48. The first-order valence-electron chi connectivity index (χ1n) is 9.37. The lowest BCUT2D eigenvalue weighted by atomic mass is 9.92. The van der Waals surface area contributed by atoms with Crippen molar-refractivity contribution in [2.45, 2.75) is 63.1 Å². The highest BCUT2D eigenvalue weighted by Gasteiger charge is 2.40. The number of aromatic nitrogens is 1. The molecule has 4 heteroatoms. The first kappa shape index (κ1) is 16.6. The smallest absolute Gasteiger partial charge is 0.119 e. The molecule has 2 aliphatic rings. The van der Waals surface area contributed by atoms with Crippen LogP contribution in [0.15, 0.2) is 36.5 Å². The highest BCUT2D eigenvalue weighted by atomic mass is 16.3. The standard InChI is InChI=1S/C21H27N3O/c1-13-2-3-14(10-21(13)25)19-9-4-15(12-23-19)18-11-20(18)24-17-7-5-16(22)6-8-17/h2-4,9-10,12,16-18,20,24-25H,5-8,11,22H2,1H3. The van der Waals surface area contributed by atoms with Crippen molar-refractivity contribution in [1.82, 2.24) is 10.3 Å². The molecular weight excluding hydrogens is 310 g/mol. The number of phenols is 1. The van der Waals surface area contributed by atoms with Gasteiger partial charge in [0.15, 0.2) is 0 Å². The molecule has 0 saturated heterocycles. The third kappa shape index (κ3) is 3.70. The Labute approximate surface area is 149 Å². The summed E-state index contributed by atoms with van der Waals surface area (Å²) in [5.41, 5.74) is 10.1. The van der Waals surface area contributed by atoms with Crippen molar-refractivity contribution >= 4 is 0 Å². The van der Waals surface area contributed by atoms with Gasteiger partial charge < -0.3 is 16.2 Å². The molecule has 4 rings (SSSR count). The number of nitrogens with one attached hydrogen (secondary N) is 1. The lowest BCUT2D eigenvalue weighted by Crippen LogP contribution is -2.38. The van der Waals surface area contributed by atoms with Crippen LogP contribution in [0.2, 0.25) is 0 Å². The molecule has 2 aromatic rings. The van der Waals surface area contributed by atoms with E-state index in [-0.39, 0.29) is 0 Å². The van der Waals surface area contributed by atoms with Crippen molar-refractivity contribution in [3.05, 3.63) is 47.7 Å². The highest BCUT2D eigenvalue weighted by molar-refractivity contribution is 5.62. The summed E-state index contributed by atoms with van der Waals surface area (Å²) in [5.74, 6) is 0.908. The average Bonchev–Trinajstić information content (AvgIpc) is 3.39. The Hall–Kier alpha value is -1.91. The molecule has 0 amide bonds. The first-order chi connectivity index (χ1) is 12.1. The molecule has 1 aromatic heterocycles. The van der Waals surface area contributed by atoms with E-state index in [9.17, 15) is 5.11 Å². The normalized spacial score (nSPS) is 28.7. The number of nitrogens with two attached hydrogens (primary N) is 1. The zero-order valence-electron chi connectivity index (χ0n) is 14.8. The van der Waals surface area contributed by atoms with E-state index >= 15 is 0 Å². The maximum atomic E-state index is 9.88. The fourth-order valence-corrected chi connectivity index (χ4v) is 3.90. The molecule has 1 aromatic carbocycles. The Bertz CT molecular complexity index is 735. The second-order valence-corrected chi connectivity index (χ2v) is 7.71. The van der Waals surface area contributed by atoms with E-state index in [4.69, 9.17) is 5.73 Å². The van der Waals surface area contributed by atoms with Crippen LogP contribution in [-0.4, -0.2) is 28.2 Å². The van der Waals surface area contributed by atoms with E-state index in [0.29, 0.717) is 29.8 Å². The minimum absolute atomic E-state index is 0.321. The first-order valence-corrected chi connectivity index (χ1v) is 9.37. The zero-order valence-corrected chi connectivity index (χ0v) is 14.8. The van der Waals surface area contributed by atoms with Crippen molar-refractivity contribution in [2.75, 3.05) is 0 Å². The molecule has 0 spiro atoms. The lowest BCUT2D eigenvalue weighted by molar-refractivity contribution is 0.339. The quantitative estimate of drug-likeness (QED) is 0.799. The summed E-state index contributed by atoms with van der Waals surface area (Å²) < 4.78 is 0. The summed E-state index contributed by atoms with van der Waals surface area (Å²) >= 11 is 0. The molecule has 2 fully saturated rings. The number of phenolic OH excluding ortho intramolecular Hbond substituents is 1. The third-order valence-corrected chi connectivity index (χ3v) is 5.73. The lowest BCUT2D eigenvalue weighted by Gasteiger charge is -2.27. The van der Waals surface area contributed by atoms with Gasteiger partial charge in [0.1, 0.15) is 5.75 Å². The largest absolute Gasteiger partial charge is 0.508 e. The van der Waals surface area contributed by atoms with Crippen LogP contribution in [0.3, 0.4) is 0 Å². The van der Waals surface area contributed by atoms with Crippen LogP contribution in [0.25, 0.3) is 11.3 Å².